The van der Waals surface area contributed by atoms with E-state index in [2.05, 4.69) is 34.5 Å². The summed E-state index contributed by atoms with van der Waals surface area (Å²) < 4.78 is 16.4. The van der Waals surface area contributed by atoms with Crippen LogP contribution in [0.2, 0.25) is 0 Å². The maximum atomic E-state index is 5.78. The zero-order valence-electron chi connectivity index (χ0n) is 15.7. The van der Waals surface area contributed by atoms with Crippen LogP contribution in [0.5, 0.6) is 11.5 Å². The minimum absolute atomic E-state index is 0.184. The molecule has 0 saturated carbocycles. The molecule has 7 nitrogen and oxygen atoms in total. The van der Waals surface area contributed by atoms with Gasteiger partial charge in [-0.15, -0.1) is 0 Å². The second-order valence-electron chi connectivity index (χ2n) is 6.02. The maximum Gasteiger partial charge on any atom is 0.191 e. The number of methoxy groups -OCH3 is 2. The van der Waals surface area contributed by atoms with Crippen molar-refractivity contribution in [2.75, 3.05) is 54.1 Å². The molecule has 1 aliphatic heterocycles. The quantitative estimate of drug-likeness (QED) is 0.567. The van der Waals surface area contributed by atoms with E-state index in [1.807, 2.05) is 18.2 Å². The van der Waals surface area contributed by atoms with Gasteiger partial charge in [-0.2, -0.15) is 0 Å². The van der Waals surface area contributed by atoms with E-state index >= 15 is 0 Å². The average molecular weight is 350 g/mol. The summed E-state index contributed by atoms with van der Waals surface area (Å²) in [6.45, 7) is 6.86. The predicted octanol–water partition coefficient (Wildman–Crippen LogP) is 1.09. The molecule has 0 aliphatic carbocycles. The van der Waals surface area contributed by atoms with Crippen molar-refractivity contribution in [2.24, 2.45) is 4.99 Å². The number of ether oxygens (including phenoxy) is 3. The highest BCUT2D eigenvalue weighted by atomic mass is 16.5. The first-order valence-electron chi connectivity index (χ1n) is 8.69. The summed E-state index contributed by atoms with van der Waals surface area (Å²) in [6.07, 6.45) is 0.184. The normalized spacial score (nSPS) is 18.7. The van der Waals surface area contributed by atoms with Crippen LogP contribution in [0.1, 0.15) is 12.5 Å². The van der Waals surface area contributed by atoms with E-state index in [1.54, 1.807) is 14.2 Å². The van der Waals surface area contributed by atoms with Gasteiger partial charge in [-0.1, -0.05) is 6.07 Å². The number of rotatable bonds is 7. The molecule has 25 heavy (non-hydrogen) atoms. The maximum absolute atomic E-state index is 5.78. The Morgan fingerprint density at radius 1 is 1.28 bits per heavy atom. The molecule has 1 atom stereocenters. The zero-order valence-corrected chi connectivity index (χ0v) is 15.7. The van der Waals surface area contributed by atoms with Crippen molar-refractivity contribution in [1.82, 2.24) is 15.5 Å². The molecular weight excluding hydrogens is 320 g/mol. The molecule has 1 heterocycles. The van der Waals surface area contributed by atoms with Crippen molar-refractivity contribution in [3.8, 4) is 11.5 Å². The van der Waals surface area contributed by atoms with Gasteiger partial charge >= 0.3 is 0 Å². The molecule has 0 amide bonds. The van der Waals surface area contributed by atoms with Crippen LogP contribution in [0.4, 0.5) is 0 Å². The van der Waals surface area contributed by atoms with Gasteiger partial charge in [0.2, 0.25) is 0 Å². The van der Waals surface area contributed by atoms with Gasteiger partial charge in [-0.05, 0) is 31.7 Å². The van der Waals surface area contributed by atoms with Crippen molar-refractivity contribution in [2.45, 2.75) is 19.6 Å². The molecular formula is C18H30N4O3. The molecule has 1 saturated heterocycles. The lowest BCUT2D eigenvalue weighted by Crippen LogP contribution is -2.48. The molecule has 140 valence electrons. The Balaban J connectivity index is 1.94. The minimum atomic E-state index is 0.184. The van der Waals surface area contributed by atoms with E-state index in [9.17, 15) is 0 Å². The number of nitrogens with zero attached hydrogens (tertiary/aromatic N) is 2. The lowest BCUT2D eigenvalue weighted by molar-refractivity contribution is -0.0161. The predicted molar refractivity (Wildman–Crippen MR) is 99.6 cm³/mol. The fraction of sp³-hybridized carbons (Fsp3) is 0.611. The second-order valence-corrected chi connectivity index (χ2v) is 6.02. The van der Waals surface area contributed by atoms with Gasteiger partial charge in [0.25, 0.3) is 0 Å². The molecule has 1 aromatic carbocycles. The van der Waals surface area contributed by atoms with E-state index in [4.69, 9.17) is 14.2 Å². The van der Waals surface area contributed by atoms with Crippen molar-refractivity contribution in [1.29, 1.82) is 0 Å². The Labute approximate surface area is 150 Å². The second kappa shape index (κ2) is 10.1. The largest absolute Gasteiger partial charge is 0.493 e. The van der Waals surface area contributed by atoms with E-state index in [-0.39, 0.29) is 6.10 Å². The fourth-order valence-corrected chi connectivity index (χ4v) is 2.69. The van der Waals surface area contributed by atoms with Crippen molar-refractivity contribution in [3.05, 3.63) is 23.8 Å². The summed E-state index contributed by atoms with van der Waals surface area (Å²) in [7, 11) is 5.39. The van der Waals surface area contributed by atoms with Crippen LogP contribution in [-0.2, 0) is 11.3 Å². The van der Waals surface area contributed by atoms with Gasteiger partial charge in [0.05, 0.1) is 33.5 Å². The first-order chi connectivity index (χ1) is 12.2. The van der Waals surface area contributed by atoms with Gasteiger partial charge in [-0.25, -0.2) is 4.99 Å². The highest BCUT2D eigenvalue weighted by Gasteiger charge is 2.17. The highest BCUT2D eigenvalue weighted by molar-refractivity contribution is 5.79. The molecule has 1 fully saturated rings. The van der Waals surface area contributed by atoms with Crippen LogP contribution < -0.4 is 20.1 Å². The molecule has 1 aromatic rings. The third kappa shape index (κ3) is 6.10. The van der Waals surface area contributed by atoms with Crippen LogP contribution in [0.15, 0.2) is 23.2 Å². The molecule has 0 bridgehead atoms. The van der Waals surface area contributed by atoms with E-state index in [1.165, 1.54) is 0 Å². The molecule has 0 aromatic heterocycles. The van der Waals surface area contributed by atoms with Crippen LogP contribution >= 0.6 is 0 Å². The van der Waals surface area contributed by atoms with Gasteiger partial charge in [0.1, 0.15) is 0 Å². The summed E-state index contributed by atoms with van der Waals surface area (Å²) in [5, 5.41) is 6.63. The number of likely N-dealkylation sites (N-methyl/N-ethyl adjacent to an activating group) is 1. The molecule has 1 aliphatic rings. The first kappa shape index (κ1) is 19.3. The number of hydrogen-bond donors (Lipinski definition) is 2. The molecule has 2 N–H and O–H groups in total. The molecule has 7 heteroatoms. The minimum Gasteiger partial charge on any atom is -0.493 e. The molecule has 0 spiro atoms. The van der Waals surface area contributed by atoms with Crippen molar-refractivity contribution >= 4 is 5.96 Å². The Kier molecular flexibility index (Phi) is 7.81. The van der Waals surface area contributed by atoms with Crippen molar-refractivity contribution in [3.63, 3.8) is 0 Å². The monoisotopic (exact) mass is 350 g/mol. The fourth-order valence-electron chi connectivity index (χ4n) is 2.69. The van der Waals surface area contributed by atoms with E-state index in [0.29, 0.717) is 12.3 Å². The highest BCUT2D eigenvalue weighted by Crippen LogP contribution is 2.27. The van der Waals surface area contributed by atoms with E-state index < -0.39 is 0 Å². The number of morpholine rings is 1. The van der Waals surface area contributed by atoms with Gasteiger partial charge in [-0.3, -0.25) is 0 Å². The number of benzene rings is 1. The summed E-state index contributed by atoms with van der Waals surface area (Å²) in [4.78, 5) is 6.93. The lowest BCUT2D eigenvalue weighted by atomic mass is 10.2. The lowest BCUT2D eigenvalue weighted by Gasteiger charge is -2.30. The first-order valence-corrected chi connectivity index (χ1v) is 8.69. The van der Waals surface area contributed by atoms with Crippen LogP contribution in [0, 0.1) is 0 Å². The standard InChI is InChI=1S/C18H30N4O3/c1-5-19-18(21-12-15-13-22(2)8-9-25-15)20-11-14-6-7-16(23-3)17(10-14)24-4/h6-7,10,15H,5,8-9,11-13H2,1-4H3,(H2,19,20,21). The molecule has 2 rings (SSSR count). The van der Waals surface area contributed by atoms with Gasteiger partial charge < -0.3 is 29.7 Å². The van der Waals surface area contributed by atoms with Gasteiger partial charge in [0.15, 0.2) is 17.5 Å². The summed E-state index contributed by atoms with van der Waals surface area (Å²) in [6, 6.07) is 5.84. The van der Waals surface area contributed by atoms with E-state index in [0.717, 1.165) is 50.1 Å². The average Bonchev–Trinajstić information content (AvgIpc) is 2.63. The third-order valence-corrected chi connectivity index (χ3v) is 4.05. The topological polar surface area (TPSA) is 67.4 Å². The SMILES string of the molecule is CCNC(=NCc1ccc(OC)c(OC)c1)NCC1CN(C)CCO1. The number of nitrogens with one attached hydrogen (secondary N) is 2. The molecule has 0 radical (unpaired) electrons. The Morgan fingerprint density at radius 2 is 2.08 bits per heavy atom. The van der Waals surface area contributed by atoms with Crippen LogP contribution in [0.25, 0.3) is 0 Å². The number of aliphatic imine (C=N–C) groups is 1. The Morgan fingerprint density at radius 3 is 2.76 bits per heavy atom. The smallest absolute Gasteiger partial charge is 0.191 e. The third-order valence-electron chi connectivity index (χ3n) is 4.05. The number of hydrogen-bond acceptors (Lipinski definition) is 5. The Hall–Kier alpha value is -1.99. The zero-order chi connectivity index (χ0) is 18.1. The van der Waals surface area contributed by atoms with Crippen LogP contribution in [-0.4, -0.2) is 71.0 Å². The van der Waals surface area contributed by atoms with Crippen LogP contribution in [0.3, 0.4) is 0 Å². The summed E-state index contributed by atoms with van der Waals surface area (Å²) in [5.41, 5.74) is 1.06. The summed E-state index contributed by atoms with van der Waals surface area (Å²) >= 11 is 0. The Bertz CT molecular complexity index is 565. The number of guanidine groups is 1. The summed E-state index contributed by atoms with van der Waals surface area (Å²) in [5.74, 6) is 2.22. The van der Waals surface area contributed by atoms with Gasteiger partial charge in [0, 0.05) is 26.2 Å². The van der Waals surface area contributed by atoms with Crippen molar-refractivity contribution < 1.29 is 14.2 Å². The molecule has 1 unspecified atom stereocenters.